The van der Waals surface area contributed by atoms with Crippen LogP contribution in [0.25, 0.3) is 0 Å². The number of nitrogens with one attached hydrogen (secondary N) is 1. The summed E-state index contributed by atoms with van der Waals surface area (Å²) in [5.41, 5.74) is 0.843. The Morgan fingerprint density at radius 1 is 1.17 bits per heavy atom. The Morgan fingerprint density at radius 2 is 1.78 bits per heavy atom. The summed E-state index contributed by atoms with van der Waals surface area (Å²) < 4.78 is 14.9. The molecule has 0 heterocycles. The van der Waals surface area contributed by atoms with Gasteiger partial charge in [0.2, 0.25) is 0 Å². The van der Waals surface area contributed by atoms with Crippen molar-refractivity contribution < 1.29 is 19.0 Å². The largest absolute Gasteiger partial charge is 0.468 e. The zero-order chi connectivity index (χ0) is 13.4. The number of hydrogen-bond donors (Lipinski definition) is 1. The molecule has 18 heavy (non-hydrogen) atoms. The highest BCUT2D eigenvalue weighted by Crippen LogP contribution is 2.14. The fraction of sp³-hybridized carbons (Fsp3) is 0.462. The van der Waals surface area contributed by atoms with Crippen LogP contribution in [0.4, 0.5) is 0 Å². The van der Waals surface area contributed by atoms with Gasteiger partial charge in [0.25, 0.3) is 0 Å². The standard InChI is InChI=1S/C13H19NO4/c1-16-11(17-2)9-14-12(13(15)18-3)10-7-5-4-6-8-10/h4-8,11-12,14H,9H2,1-3H3. The minimum Gasteiger partial charge on any atom is -0.468 e. The van der Waals surface area contributed by atoms with E-state index in [0.29, 0.717) is 6.54 Å². The first-order valence-electron chi connectivity index (χ1n) is 5.64. The van der Waals surface area contributed by atoms with Gasteiger partial charge >= 0.3 is 5.97 Å². The SMILES string of the molecule is COC(=O)C(NCC(OC)OC)c1ccccc1. The Bertz CT molecular complexity index is 351. The van der Waals surface area contributed by atoms with E-state index in [1.54, 1.807) is 14.2 Å². The van der Waals surface area contributed by atoms with E-state index < -0.39 is 12.3 Å². The molecule has 0 spiro atoms. The summed E-state index contributed by atoms with van der Waals surface area (Å²) in [5.74, 6) is -0.341. The molecule has 0 aliphatic heterocycles. The van der Waals surface area contributed by atoms with Gasteiger partial charge < -0.3 is 14.2 Å². The van der Waals surface area contributed by atoms with Gasteiger partial charge in [0.15, 0.2) is 6.29 Å². The first-order valence-corrected chi connectivity index (χ1v) is 5.64. The second-order valence-electron chi connectivity index (χ2n) is 3.68. The van der Waals surface area contributed by atoms with Crippen LogP contribution in [0.1, 0.15) is 11.6 Å². The number of benzene rings is 1. The molecule has 0 bridgehead atoms. The highest BCUT2D eigenvalue weighted by Gasteiger charge is 2.21. The number of rotatable bonds is 7. The third-order valence-corrected chi connectivity index (χ3v) is 2.58. The van der Waals surface area contributed by atoms with Crippen molar-refractivity contribution in [3.63, 3.8) is 0 Å². The highest BCUT2D eigenvalue weighted by atomic mass is 16.7. The average Bonchev–Trinajstić information content (AvgIpc) is 2.44. The minimum atomic E-state index is -0.524. The van der Waals surface area contributed by atoms with Gasteiger partial charge in [-0.3, -0.25) is 5.32 Å². The van der Waals surface area contributed by atoms with E-state index in [1.807, 2.05) is 30.3 Å². The summed E-state index contributed by atoms with van der Waals surface area (Å²) in [6.45, 7) is 0.391. The monoisotopic (exact) mass is 253 g/mol. The lowest BCUT2D eigenvalue weighted by Gasteiger charge is -2.20. The Balaban J connectivity index is 2.71. The van der Waals surface area contributed by atoms with Crippen LogP contribution in [0.5, 0.6) is 0 Å². The molecule has 5 heteroatoms. The van der Waals surface area contributed by atoms with Crippen LogP contribution >= 0.6 is 0 Å². The minimum absolute atomic E-state index is 0.341. The van der Waals surface area contributed by atoms with Crippen LogP contribution in [0.15, 0.2) is 30.3 Å². The van der Waals surface area contributed by atoms with E-state index in [1.165, 1.54) is 7.11 Å². The molecule has 0 aromatic heterocycles. The fourth-order valence-electron chi connectivity index (χ4n) is 1.58. The second kappa shape index (κ2) is 7.81. The predicted octanol–water partition coefficient (Wildman–Crippen LogP) is 1.11. The van der Waals surface area contributed by atoms with E-state index >= 15 is 0 Å². The number of carbonyl (C=O) groups excluding carboxylic acids is 1. The maximum absolute atomic E-state index is 11.7. The topological polar surface area (TPSA) is 56.8 Å². The molecule has 0 saturated carbocycles. The number of methoxy groups -OCH3 is 3. The van der Waals surface area contributed by atoms with Gasteiger partial charge in [-0.25, -0.2) is 4.79 Å². The Hall–Kier alpha value is -1.43. The van der Waals surface area contributed by atoms with Crippen LogP contribution in [0.3, 0.4) is 0 Å². The van der Waals surface area contributed by atoms with Gasteiger partial charge in [0.05, 0.1) is 7.11 Å². The van der Waals surface area contributed by atoms with Crippen molar-refractivity contribution in [3.8, 4) is 0 Å². The zero-order valence-electron chi connectivity index (χ0n) is 10.9. The molecule has 1 aromatic rings. The molecular formula is C13H19NO4. The molecule has 0 radical (unpaired) electrons. The van der Waals surface area contributed by atoms with Crippen molar-refractivity contribution in [2.24, 2.45) is 0 Å². The second-order valence-corrected chi connectivity index (χ2v) is 3.68. The van der Waals surface area contributed by atoms with Crippen molar-refractivity contribution in [3.05, 3.63) is 35.9 Å². The summed E-state index contributed by atoms with van der Waals surface area (Å²) in [7, 11) is 4.46. The Labute approximate surface area is 107 Å². The first kappa shape index (κ1) is 14.6. The summed E-state index contributed by atoms with van der Waals surface area (Å²) in [5, 5.41) is 3.06. The highest BCUT2D eigenvalue weighted by molar-refractivity contribution is 5.77. The van der Waals surface area contributed by atoms with Gasteiger partial charge in [0.1, 0.15) is 6.04 Å². The smallest absolute Gasteiger partial charge is 0.327 e. The maximum atomic E-state index is 11.7. The van der Waals surface area contributed by atoms with Crippen LogP contribution in [0.2, 0.25) is 0 Å². The first-order chi connectivity index (χ1) is 8.72. The third-order valence-electron chi connectivity index (χ3n) is 2.58. The van der Waals surface area contributed by atoms with Crippen molar-refractivity contribution in [1.29, 1.82) is 0 Å². The van der Waals surface area contributed by atoms with Crippen molar-refractivity contribution >= 4 is 5.97 Å². The van der Waals surface area contributed by atoms with Crippen LogP contribution < -0.4 is 5.32 Å². The van der Waals surface area contributed by atoms with E-state index in [4.69, 9.17) is 14.2 Å². The third kappa shape index (κ3) is 4.10. The van der Waals surface area contributed by atoms with E-state index in [9.17, 15) is 4.79 Å². The lowest BCUT2D eigenvalue weighted by Crippen LogP contribution is -2.36. The number of carbonyl (C=O) groups is 1. The van der Waals surface area contributed by atoms with Crippen molar-refractivity contribution in [2.45, 2.75) is 12.3 Å². The molecular weight excluding hydrogens is 234 g/mol. The molecule has 1 N–H and O–H groups in total. The molecule has 1 rings (SSSR count). The summed E-state index contributed by atoms with van der Waals surface area (Å²) in [6, 6.07) is 8.84. The van der Waals surface area contributed by atoms with Crippen LogP contribution in [0, 0.1) is 0 Å². The number of hydrogen-bond acceptors (Lipinski definition) is 5. The van der Waals surface area contributed by atoms with Crippen molar-refractivity contribution in [1.82, 2.24) is 5.32 Å². The quantitative estimate of drug-likeness (QED) is 0.582. The molecule has 100 valence electrons. The zero-order valence-corrected chi connectivity index (χ0v) is 10.9. The molecule has 0 saturated heterocycles. The van der Waals surface area contributed by atoms with E-state index in [-0.39, 0.29) is 5.97 Å². The van der Waals surface area contributed by atoms with Gasteiger partial charge in [-0.15, -0.1) is 0 Å². The molecule has 0 amide bonds. The fourth-order valence-corrected chi connectivity index (χ4v) is 1.58. The van der Waals surface area contributed by atoms with Gasteiger partial charge in [0, 0.05) is 20.8 Å². The molecule has 0 aliphatic carbocycles. The lowest BCUT2D eigenvalue weighted by molar-refractivity contribution is -0.144. The lowest BCUT2D eigenvalue weighted by atomic mass is 10.1. The van der Waals surface area contributed by atoms with Gasteiger partial charge in [-0.2, -0.15) is 0 Å². The number of esters is 1. The van der Waals surface area contributed by atoms with E-state index in [0.717, 1.165) is 5.56 Å². The predicted molar refractivity (Wildman–Crippen MR) is 67.0 cm³/mol. The Morgan fingerprint density at radius 3 is 2.28 bits per heavy atom. The van der Waals surface area contributed by atoms with Crippen LogP contribution in [-0.4, -0.2) is 40.1 Å². The van der Waals surface area contributed by atoms with Crippen LogP contribution in [-0.2, 0) is 19.0 Å². The summed E-state index contributed by atoms with van der Waals surface area (Å²) >= 11 is 0. The summed E-state index contributed by atoms with van der Waals surface area (Å²) in [6.07, 6.45) is -0.402. The maximum Gasteiger partial charge on any atom is 0.327 e. The molecule has 5 nitrogen and oxygen atoms in total. The summed E-state index contributed by atoms with van der Waals surface area (Å²) in [4.78, 5) is 11.7. The molecule has 0 aliphatic rings. The van der Waals surface area contributed by atoms with Crippen molar-refractivity contribution in [2.75, 3.05) is 27.9 Å². The Kier molecular flexibility index (Phi) is 6.35. The molecule has 1 aromatic carbocycles. The van der Waals surface area contributed by atoms with Gasteiger partial charge in [-0.05, 0) is 5.56 Å². The molecule has 0 fully saturated rings. The molecule has 1 unspecified atom stereocenters. The number of ether oxygens (including phenoxy) is 3. The van der Waals surface area contributed by atoms with E-state index in [2.05, 4.69) is 5.32 Å². The normalized spacial score (nSPS) is 12.4. The molecule has 1 atom stereocenters. The van der Waals surface area contributed by atoms with Gasteiger partial charge in [-0.1, -0.05) is 30.3 Å². The average molecular weight is 253 g/mol.